The first kappa shape index (κ1) is 16.8. The molecule has 7 heteroatoms. The predicted octanol–water partition coefficient (Wildman–Crippen LogP) is 2.10. The third-order valence-electron chi connectivity index (χ3n) is 5.43. The van der Waals surface area contributed by atoms with Gasteiger partial charge in [0.1, 0.15) is 0 Å². The summed E-state index contributed by atoms with van der Waals surface area (Å²) in [6.07, 6.45) is 4.36. The summed E-state index contributed by atoms with van der Waals surface area (Å²) in [5.41, 5.74) is 0.483. The lowest BCUT2D eigenvalue weighted by Gasteiger charge is -2.29. The zero-order chi connectivity index (χ0) is 18.1. The van der Waals surface area contributed by atoms with Crippen molar-refractivity contribution in [2.24, 2.45) is 5.92 Å². The average molecular weight is 353 g/mol. The summed E-state index contributed by atoms with van der Waals surface area (Å²) in [6.45, 7) is 3.28. The van der Waals surface area contributed by atoms with Crippen LogP contribution in [0.2, 0.25) is 0 Å². The largest absolute Gasteiger partial charge is 0.347 e. The van der Waals surface area contributed by atoms with Crippen molar-refractivity contribution in [3.05, 3.63) is 46.4 Å². The molecule has 1 aliphatic carbocycles. The molecule has 1 N–H and O–H groups in total. The highest BCUT2D eigenvalue weighted by molar-refractivity contribution is 5.92. The summed E-state index contributed by atoms with van der Waals surface area (Å²) in [7, 11) is 0. The lowest BCUT2D eigenvalue weighted by molar-refractivity contribution is 0.0901. The Balaban J connectivity index is 1.58. The first-order valence-corrected chi connectivity index (χ1v) is 9.26. The monoisotopic (exact) mass is 353 g/mol. The topological polar surface area (TPSA) is 80.1 Å². The molecule has 1 saturated carbocycles. The van der Waals surface area contributed by atoms with Gasteiger partial charge in [0.15, 0.2) is 0 Å². The summed E-state index contributed by atoms with van der Waals surface area (Å²) in [5, 5.41) is 11.2. The van der Waals surface area contributed by atoms with Crippen molar-refractivity contribution in [2.45, 2.75) is 45.2 Å². The molecule has 4 rings (SSSR count). The summed E-state index contributed by atoms with van der Waals surface area (Å²) < 4.78 is 1.54. The van der Waals surface area contributed by atoms with E-state index in [2.05, 4.69) is 22.4 Å². The van der Waals surface area contributed by atoms with Gasteiger partial charge in [0.2, 0.25) is 11.6 Å². The van der Waals surface area contributed by atoms with Gasteiger partial charge in [0.25, 0.3) is 11.5 Å². The third kappa shape index (κ3) is 2.98. The van der Waals surface area contributed by atoms with Crippen LogP contribution in [-0.4, -0.2) is 33.3 Å². The number of carbonyl (C=O) groups is 1. The molecule has 7 nitrogen and oxygen atoms in total. The molecule has 1 amide bonds. The number of anilines is 2. The van der Waals surface area contributed by atoms with Gasteiger partial charge in [0.05, 0.1) is 0 Å². The van der Waals surface area contributed by atoms with Gasteiger partial charge in [-0.2, -0.15) is 0 Å². The molecule has 1 fully saturated rings. The fourth-order valence-electron chi connectivity index (χ4n) is 3.87. The second-order valence-corrected chi connectivity index (χ2v) is 7.13. The van der Waals surface area contributed by atoms with Crippen LogP contribution in [0.25, 0.3) is 0 Å². The van der Waals surface area contributed by atoms with Crippen LogP contribution in [0.3, 0.4) is 0 Å². The average Bonchev–Trinajstić information content (AvgIpc) is 3.09. The molecule has 1 aliphatic heterocycles. The van der Waals surface area contributed by atoms with E-state index in [0.717, 1.165) is 24.9 Å². The van der Waals surface area contributed by atoms with Crippen molar-refractivity contribution in [1.82, 2.24) is 20.1 Å². The van der Waals surface area contributed by atoms with Gasteiger partial charge < -0.3 is 10.2 Å². The number of amides is 1. The summed E-state index contributed by atoms with van der Waals surface area (Å²) in [5.74, 6) is 0.505. The second kappa shape index (κ2) is 6.90. The SMILES string of the molecule is C[C@H]1CCCC[C@@H]1NC(=O)c1nnc2n(c1=O)CCN2c1ccccc1. The molecule has 0 unspecified atom stereocenters. The Kier molecular flexibility index (Phi) is 4.44. The molecule has 136 valence electrons. The molecule has 2 atom stereocenters. The molecular formula is C19H23N5O2. The van der Waals surface area contributed by atoms with Crippen LogP contribution < -0.4 is 15.8 Å². The van der Waals surface area contributed by atoms with E-state index >= 15 is 0 Å². The molecule has 2 aliphatic rings. The molecular weight excluding hydrogens is 330 g/mol. The van der Waals surface area contributed by atoms with E-state index in [1.807, 2.05) is 35.2 Å². The molecule has 0 bridgehead atoms. The van der Waals surface area contributed by atoms with E-state index in [4.69, 9.17) is 0 Å². The Morgan fingerprint density at radius 1 is 1.12 bits per heavy atom. The van der Waals surface area contributed by atoms with Crippen LogP contribution in [-0.2, 0) is 6.54 Å². The van der Waals surface area contributed by atoms with Crippen molar-refractivity contribution in [1.29, 1.82) is 0 Å². The number of aromatic nitrogens is 3. The maximum Gasteiger partial charge on any atom is 0.286 e. The summed E-state index contributed by atoms with van der Waals surface area (Å²) >= 11 is 0. The van der Waals surface area contributed by atoms with E-state index in [1.54, 1.807) is 4.57 Å². The number of hydrogen-bond acceptors (Lipinski definition) is 5. The fourth-order valence-corrected chi connectivity index (χ4v) is 3.87. The standard InChI is InChI=1S/C19H23N5O2/c1-13-7-5-6-10-15(13)20-17(25)16-18(26)24-12-11-23(19(24)22-21-16)14-8-3-2-4-9-14/h2-4,8-9,13,15H,5-7,10-12H2,1H3,(H,20,25)/t13-,15-/m0/s1. The Labute approximate surface area is 152 Å². The van der Waals surface area contributed by atoms with Crippen molar-refractivity contribution >= 4 is 17.5 Å². The Bertz CT molecular complexity index is 864. The summed E-state index contributed by atoms with van der Waals surface area (Å²) in [4.78, 5) is 27.3. The Morgan fingerprint density at radius 3 is 2.65 bits per heavy atom. The maximum atomic E-state index is 12.8. The molecule has 2 aromatic rings. The number of fused-ring (bicyclic) bond motifs is 1. The first-order chi connectivity index (χ1) is 12.6. The Hall–Kier alpha value is -2.70. The first-order valence-electron chi connectivity index (χ1n) is 9.26. The number of para-hydroxylation sites is 1. The number of hydrogen-bond donors (Lipinski definition) is 1. The number of rotatable bonds is 3. The molecule has 0 spiro atoms. The molecule has 0 radical (unpaired) electrons. The number of nitrogens with one attached hydrogen (secondary N) is 1. The van der Waals surface area contributed by atoms with Gasteiger partial charge in [-0.05, 0) is 30.9 Å². The highest BCUT2D eigenvalue weighted by atomic mass is 16.2. The lowest BCUT2D eigenvalue weighted by atomic mass is 9.86. The Morgan fingerprint density at radius 2 is 1.88 bits per heavy atom. The van der Waals surface area contributed by atoms with Crippen LogP contribution in [0.5, 0.6) is 0 Å². The smallest absolute Gasteiger partial charge is 0.286 e. The van der Waals surface area contributed by atoms with Crippen LogP contribution in [0, 0.1) is 5.92 Å². The minimum atomic E-state index is -0.408. The van der Waals surface area contributed by atoms with Crippen molar-refractivity contribution < 1.29 is 4.79 Å². The van der Waals surface area contributed by atoms with E-state index in [-0.39, 0.29) is 17.3 Å². The molecule has 1 aromatic heterocycles. The normalized spacial score (nSPS) is 22.1. The van der Waals surface area contributed by atoms with Crippen LogP contribution >= 0.6 is 0 Å². The summed E-state index contributed by atoms with van der Waals surface area (Å²) in [6, 6.07) is 9.86. The van der Waals surface area contributed by atoms with Gasteiger partial charge in [-0.15, -0.1) is 10.2 Å². The predicted molar refractivity (Wildman–Crippen MR) is 98.6 cm³/mol. The van der Waals surface area contributed by atoms with Gasteiger partial charge in [-0.1, -0.05) is 38.0 Å². The number of carbonyl (C=O) groups excluding carboxylic acids is 1. The second-order valence-electron chi connectivity index (χ2n) is 7.13. The zero-order valence-corrected chi connectivity index (χ0v) is 14.9. The molecule has 1 aromatic carbocycles. The van der Waals surface area contributed by atoms with Crippen LogP contribution in [0.4, 0.5) is 11.6 Å². The minimum absolute atomic E-state index is 0.108. The van der Waals surface area contributed by atoms with Gasteiger partial charge in [-0.25, -0.2) is 0 Å². The van der Waals surface area contributed by atoms with Gasteiger partial charge in [-0.3, -0.25) is 14.2 Å². The fraction of sp³-hybridized carbons (Fsp3) is 0.474. The van der Waals surface area contributed by atoms with Crippen molar-refractivity contribution in [2.75, 3.05) is 11.4 Å². The van der Waals surface area contributed by atoms with Gasteiger partial charge >= 0.3 is 0 Å². The van der Waals surface area contributed by atoms with E-state index in [0.29, 0.717) is 25.0 Å². The molecule has 2 heterocycles. The van der Waals surface area contributed by atoms with E-state index in [1.165, 1.54) is 6.42 Å². The van der Waals surface area contributed by atoms with E-state index in [9.17, 15) is 9.59 Å². The van der Waals surface area contributed by atoms with E-state index < -0.39 is 5.91 Å². The zero-order valence-electron chi connectivity index (χ0n) is 14.9. The lowest BCUT2D eigenvalue weighted by Crippen LogP contribution is -2.44. The highest BCUT2D eigenvalue weighted by Crippen LogP contribution is 2.26. The number of nitrogens with zero attached hydrogens (tertiary/aromatic N) is 4. The third-order valence-corrected chi connectivity index (χ3v) is 5.43. The van der Waals surface area contributed by atoms with Crippen molar-refractivity contribution in [3.63, 3.8) is 0 Å². The van der Waals surface area contributed by atoms with Crippen LogP contribution in [0.15, 0.2) is 35.1 Å². The van der Waals surface area contributed by atoms with Crippen LogP contribution in [0.1, 0.15) is 43.1 Å². The molecule has 26 heavy (non-hydrogen) atoms. The minimum Gasteiger partial charge on any atom is -0.347 e. The van der Waals surface area contributed by atoms with Gasteiger partial charge in [0, 0.05) is 24.8 Å². The molecule has 0 saturated heterocycles. The quantitative estimate of drug-likeness (QED) is 0.914. The maximum absolute atomic E-state index is 12.8. The number of benzene rings is 1. The highest BCUT2D eigenvalue weighted by Gasteiger charge is 2.29. The van der Waals surface area contributed by atoms with Crippen molar-refractivity contribution in [3.8, 4) is 0 Å².